The molecule has 2 aromatic rings. The molecular formula is C25H30FO3+. The lowest BCUT2D eigenvalue weighted by atomic mass is 9.89. The zero-order chi connectivity index (χ0) is 20.0. The highest BCUT2D eigenvalue weighted by atomic mass is 19.1. The van der Waals surface area contributed by atoms with Gasteiger partial charge in [0.25, 0.3) is 0 Å². The zero-order valence-electron chi connectivity index (χ0n) is 16.8. The molecule has 0 amide bonds. The predicted octanol–water partition coefficient (Wildman–Crippen LogP) is 4.09. The van der Waals surface area contributed by atoms with Gasteiger partial charge in [-0.3, -0.25) is 0 Å². The van der Waals surface area contributed by atoms with Crippen LogP contribution in [0.25, 0.3) is 0 Å². The van der Waals surface area contributed by atoms with Crippen molar-refractivity contribution in [1.29, 1.82) is 0 Å². The van der Waals surface area contributed by atoms with Crippen LogP contribution >= 0.6 is 0 Å². The van der Waals surface area contributed by atoms with Crippen LogP contribution in [0.4, 0.5) is 4.39 Å². The van der Waals surface area contributed by atoms with E-state index in [4.69, 9.17) is 9.84 Å². The molecule has 2 aromatic carbocycles. The van der Waals surface area contributed by atoms with E-state index in [1.165, 1.54) is 29.5 Å². The van der Waals surface area contributed by atoms with E-state index in [1.807, 2.05) is 6.07 Å². The molecule has 3 atom stereocenters. The topological polar surface area (TPSA) is 52.4 Å². The molecule has 0 unspecified atom stereocenters. The fourth-order valence-electron chi connectivity index (χ4n) is 5.09. The first-order chi connectivity index (χ1) is 14.1. The first-order valence-corrected chi connectivity index (χ1v) is 11.0. The van der Waals surface area contributed by atoms with Crippen LogP contribution in [0.15, 0.2) is 30.3 Å². The smallest absolute Gasteiger partial charge is 0.170 e. The number of aryl methyl sites for hydroxylation is 1. The minimum Gasteiger partial charge on any atom is -0.444 e. The SMILES string of the molecule is O[C@H]1C[C@@H](C[OH2+])O[C@@H](c2cc3c(c(Cc4ccc(C5CC5)cc4F)c2)CCC3)C1. The molecule has 0 bridgehead atoms. The minimum absolute atomic E-state index is 0.0924. The van der Waals surface area contributed by atoms with Gasteiger partial charge in [0.15, 0.2) is 6.61 Å². The van der Waals surface area contributed by atoms with Gasteiger partial charge >= 0.3 is 0 Å². The molecule has 0 spiro atoms. The van der Waals surface area contributed by atoms with E-state index in [-0.39, 0.29) is 24.6 Å². The van der Waals surface area contributed by atoms with Crippen molar-refractivity contribution in [2.45, 2.75) is 75.6 Å². The average molecular weight is 398 g/mol. The molecule has 2 fully saturated rings. The number of ether oxygens (including phenoxy) is 1. The fraction of sp³-hybridized carbons (Fsp3) is 0.520. The van der Waals surface area contributed by atoms with Gasteiger partial charge in [0, 0.05) is 19.3 Å². The van der Waals surface area contributed by atoms with E-state index < -0.39 is 6.10 Å². The van der Waals surface area contributed by atoms with Crippen molar-refractivity contribution in [2.24, 2.45) is 0 Å². The second-order valence-corrected chi connectivity index (χ2v) is 9.05. The second-order valence-electron chi connectivity index (χ2n) is 9.05. The van der Waals surface area contributed by atoms with Crippen molar-refractivity contribution in [2.75, 3.05) is 6.61 Å². The summed E-state index contributed by atoms with van der Waals surface area (Å²) in [5.74, 6) is 0.469. The van der Waals surface area contributed by atoms with E-state index in [0.717, 1.165) is 36.0 Å². The molecule has 1 aliphatic heterocycles. The molecule has 3 aliphatic rings. The number of rotatable bonds is 5. The lowest BCUT2D eigenvalue weighted by molar-refractivity contribution is -0.113. The Morgan fingerprint density at radius 2 is 1.90 bits per heavy atom. The summed E-state index contributed by atoms with van der Waals surface area (Å²) in [5, 5.41) is 17.9. The number of hydrogen-bond acceptors (Lipinski definition) is 2. The van der Waals surface area contributed by atoms with Crippen LogP contribution in [-0.4, -0.2) is 29.0 Å². The number of benzene rings is 2. The van der Waals surface area contributed by atoms with Gasteiger partial charge in [0.2, 0.25) is 0 Å². The Labute approximate surface area is 171 Å². The quantitative estimate of drug-likeness (QED) is 0.773. The summed E-state index contributed by atoms with van der Waals surface area (Å²) in [7, 11) is 0. The van der Waals surface area contributed by atoms with Gasteiger partial charge in [0.05, 0.1) is 12.2 Å². The maximum absolute atomic E-state index is 14.8. The van der Waals surface area contributed by atoms with Crippen LogP contribution in [0.1, 0.15) is 77.5 Å². The van der Waals surface area contributed by atoms with Gasteiger partial charge in [-0.1, -0.05) is 24.3 Å². The molecule has 1 saturated heterocycles. The van der Waals surface area contributed by atoms with Crippen molar-refractivity contribution in [1.82, 2.24) is 0 Å². The molecule has 4 heteroatoms. The number of fused-ring (bicyclic) bond motifs is 1. The highest BCUT2D eigenvalue weighted by Crippen LogP contribution is 2.41. The van der Waals surface area contributed by atoms with Gasteiger partial charge in [-0.25, -0.2) is 4.39 Å². The van der Waals surface area contributed by atoms with Crippen LogP contribution in [0.5, 0.6) is 0 Å². The largest absolute Gasteiger partial charge is 0.444 e. The third kappa shape index (κ3) is 3.98. The van der Waals surface area contributed by atoms with Crippen LogP contribution < -0.4 is 0 Å². The van der Waals surface area contributed by atoms with E-state index in [1.54, 1.807) is 6.07 Å². The van der Waals surface area contributed by atoms with Gasteiger partial charge in [0.1, 0.15) is 11.9 Å². The second kappa shape index (κ2) is 7.82. The first kappa shape index (κ1) is 19.2. The first-order valence-electron chi connectivity index (χ1n) is 11.0. The molecule has 154 valence electrons. The number of aliphatic hydroxyl groups excluding tert-OH is 1. The van der Waals surface area contributed by atoms with Crippen molar-refractivity contribution in [3.8, 4) is 0 Å². The Kier molecular flexibility index (Phi) is 5.19. The molecule has 0 radical (unpaired) electrons. The molecule has 3 nitrogen and oxygen atoms in total. The summed E-state index contributed by atoms with van der Waals surface area (Å²) >= 11 is 0. The van der Waals surface area contributed by atoms with Crippen LogP contribution in [0, 0.1) is 5.82 Å². The number of aliphatic hydroxyl groups is 1. The Morgan fingerprint density at radius 1 is 1.03 bits per heavy atom. The summed E-state index contributed by atoms with van der Waals surface area (Å²) < 4.78 is 20.9. The van der Waals surface area contributed by atoms with Gasteiger partial charge in [-0.2, -0.15) is 0 Å². The highest BCUT2D eigenvalue weighted by Gasteiger charge is 2.31. The predicted molar refractivity (Wildman–Crippen MR) is 111 cm³/mol. The third-order valence-electron chi connectivity index (χ3n) is 6.81. The zero-order valence-corrected chi connectivity index (χ0v) is 16.8. The van der Waals surface area contributed by atoms with E-state index >= 15 is 0 Å². The molecule has 3 N–H and O–H groups in total. The molecule has 5 rings (SSSR count). The molecule has 1 saturated carbocycles. The maximum Gasteiger partial charge on any atom is 0.170 e. The van der Waals surface area contributed by atoms with Crippen molar-refractivity contribution >= 4 is 0 Å². The summed E-state index contributed by atoms with van der Waals surface area (Å²) in [4.78, 5) is 0. The van der Waals surface area contributed by atoms with E-state index in [2.05, 4.69) is 18.2 Å². The van der Waals surface area contributed by atoms with Gasteiger partial charge in [-0.05, 0) is 77.5 Å². The maximum atomic E-state index is 14.8. The van der Waals surface area contributed by atoms with Crippen LogP contribution in [0.2, 0.25) is 0 Å². The minimum atomic E-state index is -0.423. The van der Waals surface area contributed by atoms with Gasteiger partial charge < -0.3 is 14.9 Å². The standard InChI is InChI=1S/C25H29FO3/c26-24-11-16(15-4-5-15)6-7-18(24)9-19-10-20(8-17-2-1-3-23(17)19)25-13-21(28)12-22(14-27)29-25/h6-8,10-11,15,21-22,25,27-28H,1-5,9,12-14H2/p+1/t21-,22-,25+/m0/s1. The highest BCUT2D eigenvalue weighted by molar-refractivity contribution is 5.45. The Balaban J connectivity index is 1.45. The Morgan fingerprint density at radius 3 is 2.66 bits per heavy atom. The summed E-state index contributed by atoms with van der Waals surface area (Å²) in [6, 6.07) is 10.2. The normalized spacial score (nSPS) is 26.5. The van der Waals surface area contributed by atoms with E-state index in [0.29, 0.717) is 25.2 Å². The van der Waals surface area contributed by atoms with Crippen molar-refractivity contribution in [3.63, 3.8) is 0 Å². The number of hydrogen-bond donors (Lipinski definition) is 1. The summed E-state index contributed by atoms with van der Waals surface area (Å²) in [5.41, 5.74) is 6.88. The lowest BCUT2D eigenvalue weighted by Crippen LogP contribution is -2.33. The lowest BCUT2D eigenvalue weighted by Gasteiger charge is -2.32. The molecular weight excluding hydrogens is 367 g/mol. The Bertz CT molecular complexity index is 905. The van der Waals surface area contributed by atoms with Crippen LogP contribution in [-0.2, 0) is 24.0 Å². The summed E-state index contributed by atoms with van der Waals surface area (Å²) in [6.07, 6.45) is 6.49. The molecule has 2 aliphatic carbocycles. The number of halogens is 1. The van der Waals surface area contributed by atoms with Crippen LogP contribution in [0.3, 0.4) is 0 Å². The average Bonchev–Trinajstić information content (AvgIpc) is 3.46. The monoisotopic (exact) mass is 397 g/mol. The van der Waals surface area contributed by atoms with Crippen molar-refractivity contribution < 1.29 is 19.3 Å². The van der Waals surface area contributed by atoms with E-state index in [9.17, 15) is 9.50 Å². The third-order valence-corrected chi connectivity index (χ3v) is 6.81. The molecule has 29 heavy (non-hydrogen) atoms. The molecule has 1 heterocycles. The van der Waals surface area contributed by atoms with Gasteiger partial charge in [-0.15, -0.1) is 0 Å². The Hall–Kier alpha value is -1.75. The molecule has 0 aromatic heterocycles. The summed E-state index contributed by atoms with van der Waals surface area (Å²) in [6.45, 7) is 0.171. The fourth-order valence-corrected chi connectivity index (χ4v) is 5.09. The van der Waals surface area contributed by atoms with Crippen molar-refractivity contribution in [3.05, 3.63) is 69.5 Å².